The standard InChI is InChI=1S/C32H29ClF6N4.C8H5BF6O2/c33-26-9-10-27-28(16-26)42-29(43-30(27)41-18-21-3-1-2-20(12-21)17-40)11-6-19-4-7-22(8-5-19)23-13-24(31(34,35)36)15-25(14-23)32(37,38)39;10-7(11,12)4-1-5(8(13,14)15)3-6(2-4)9(16)17/h4-11,13-16,20-21H,1-3,12,17-18,40H2,(H,41,42,43);1-3,16-17H. The highest BCUT2D eigenvalue weighted by molar-refractivity contribution is 6.58. The predicted octanol–water partition coefficient (Wildman–Crippen LogP) is 10.7. The van der Waals surface area contributed by atoms with Crippen LogP contribution in [0.2, 0.25) is 5.02 Å². The highest BCUT2D eigenvalue weighted by Gasteiger charge is 2.39. The van der Waals surface area contributed by atoms with Gasteiger partial charge in [0.25, 0.3) is 0 Å². The second kappa shape index (κ2) is 18.4. The van der Waals surface area contributed by atoms with Crippen molar-refractivity contribution in [1.82, 2.24) is 9.97 Å². The number of alkyl halides is 12. The molecule has 1 heterocycles. The van der Waals surface area contributed by atoms with Gasteiger partial charge in [-0.05, 0) is 108 Å². The SMILES string of the molecule is NCC1CCCC(CNc2nc(C=Cc3ccc(-c4cc(C(F)(F)F)cc(C(F)(F)F)c4)cc3)nc3cc(Cl)ccc23)C1.OB(O)c1cc(C(F)(F)F)cc(C(F)(F)F)c1. The quantitative estimate of drug-likeness (QED) is 0.0914. The molecule has 60 heavy (non-hydrogen) atoms. The molecular formula is C40H34BClF12N4O2. The third kappa shape index (κ3) is 12.4. The largest absolute Gasteiger partial charge is 0.488 e. The Morgan fingerprint density at radius 2 is 1.20 bits per heavy atom. The van der Waals surface area contributed by atoms with E-state index < -0.39 is 59.5 Å². The lowest BCUT2D eigenvalue weighted by molar-refractivity contribution is -0.144. The van der Waals surface area contributed by atoms with Gasteiger partial charge in [0.05, 0.1) is 27.8 Å². The zero-order valence-electron chi connectivity index (χ0n) is 30.9. The smallest absolute Gasteiger partial charge is 0.423 e. The maximum atomic E-state index is 13.3. The molecule has 1 aliphatic carbocycles. The van der Waals surface area contributed by atoms with E-state index in [0.29, 0.717) is 58.3 Å². The van der Waals surface area contributed by atoms with Gasteiger partial charge in [0.2, 0.25) is 0 Å². The normalized spacial score (nSPS) is 16.5. The summed E-state index contributed by atoms with van der Waals surface area (Å²) in [6.45, 7) is 1.44. The van der Waals surface area contributed by atoms with Gasteiger partial charge < -0.3 is 21.1 Å². The number of rotatable bonds is 8. The molecule has 20 heteroatoms. The Morgan fingerprint density at radius 3 is 1.72 bits per heavy atom. The van der Waals surface area contributed by atoms with Gasteiger partial charge in [-0.3, -0.25) is 0 Å². The van der Waals surface area contributed by atoms with E-state index >= 15 is 0 Å². The molecule has 5 N–H and O–H groups in total. The minimum Gasteiger partial charge on any atom is -0.423 e. The van der Waals surface area contributed by atoms with E-state index in [9.17, 15) is 52.7 Å². The molecule has 1 saturated carbocycles. The summed E-state index contributed by atoms with van der Waals surface area (Å²) in [4.78, 5) is 9.32. The summed E-state index contributed by atoms with van der Waals surface area (Å²) in [6.07, 6.45) is -11.9. The fourth-order valence-corrected chi connectivity index (χ4v) is 6.75. The number of aromatic nitrogens is 2. The zero-order chi connectivity index (χ0) is 44.2. The van der Waals surface area contributed by atoms with Crippen LogP contribution in [0.15, 0.2) is 78.9 Å². The molecule has 0 spiro atoms. The second-order valence-electron chi connectivity index (χ2n) is 14.1. The Kier molecular flexibility index (Phi) is 14.2. The molecule has 320 valence electrons. The van der Waals surface area contributed by atoms with Gasteiger partial charge in [-0.15, -0.1) is 0 Å². The fourth-order valence-electron chi connectivity index (χ4n) is 6.58. The molecular weight excluding hydrogens is 843 g/mol. The van der Waals surface area contributed by atoms with Crippen LogP contribution in [0.1, 0.15) is 59.3 Å². The molecule has 0 bridgehead atoms. The Bertz CT molecular complexity index is 2230. The average molecular weight is 877 g/mol. The number of nitrogens with one attached hydrogen (secondary N) is 1. The highest BCUT2D eigenvalue weighted by atomic mass is 35.5. The molecule has 0 radical (unpaired) electrons. The van der Waals surface area contributed by atoms with Crippen molar-refractivity contribution in [1.29, 1.82) is 0 Å². The van der Waals surface area contributed by atoms with Crippen LogP contribution in [-0.4, -0.2) is 40.2 Å². The topological polar surface area (TPSA) is 104 Å². The predicted molar refractivity (Wildman–Crippen MR) is 205 cm³/mol. The third-order valence-electron chi connectivity index (χ3n) is 9.62. The van der Waals surface area contributed by atoms with Gasteiger partial charge >= 0.3 is 31.8 Å². The van der Waals surface area contributed by atoms with Gasteiger partial charge in [0.15, 0.2) is 5.82 Å². The van der Waals surface area contributed by atoms with Crippen molar-refractivity contribution in [3.8, 4) is 11.1 Å². The third-order valence-corrected chi connectivity index (χ3v) is 9.86. The molecule has 2 atom stereocenters. The molecule has 0 saturated heterocycles. The van der Waals surface area contributed by atoms with Crippen LogP contribution in [-0.2, 0) is 24.7 Å². The highest BCUT2D eigenvalue weighted by Crippen LogP contribution is 2.39. The molecule has 2 unspecified atom stereocenters. The van der Waals surface area contributed by atoms with Gasteiger partial charge in [-0.25, -0.2) is 9.97 Å². The van der Waals surface area contributed by atoms with Gasteiger partial charge in [-0.2, -0.15) is 52.7 Å². The Hall–Kier alpha value is -4.85. The van der Waals surface area contributed by atoms with Crippen LogP contribution in [0.25, 0.3) is 34.2 Å². The molecule has 4 aromatic carbocycles. The van der Waals surface area contributed by atoms with E-state index in [0.717, 1.165) is 37.6 Å². The lowest BCUT2D eigenvalue weighted by atomic mass is 9.78. The molecule has 6 nitrogen and oxygen atoms in total. The van der Waals surface area contributed by atoms with Crippen LogP contribution in [0.3, 0.4) is 0 Å². The van der Waals surface area contributed by atoms with E-state index in [1.54, 1.807) is 36.4 Å². The zero-order valence-corrected chi connectivity index (χ0v) is 31.7. The van der Waals surface area contributed by atoms with Gasteiger partial charge in [0.1, 0.15) is 5.82 Å². The van der Waals surface area contributed by atoms with Crippen LogP contribution in [0.5, 0.6) is 0 Å². The summed E-state index contributed by atoms with van der Waals surface area (Å²) < 4.78 is 153. The van der Waals surface area contributed by atoms with E-state index in [2.05, 4.69) is 10.3 Å². The Balaban J connectivity index is 0.000000337. The van der Waals surface area contributed by atoms with Crippen LogP contribution >= 0.6 is 11.6 Å². The summed E-state index contributed by atoms with van der Waals surface area (Å²) in [5.41, 5.74) is 0.495. The molecule has 6 rings (SSSR count). The first kappa shape index (κ1) is 46.2. The average Bonchev–Trinajstić information content (AvgIpc) is 3.17. The molecule has 0 amide bonds. The Labute approximate surface area is 340 Å². The molecule has 0 aliphatic heterocycles. The molecule has 1 aromatic heterocycles. The minimum absolute atomic E-state index is 0.0914. The van der Waals surface area contributed by atoms with E-state index in [-0.39, 0.29) is 35.4 Å². The number of hydrogen-bond donors (Lipinski definition) is 4. The number of nitrogens with zero attached hydrogens (tertiary/aromatic N) is 2. The van der Waals surface area contributed by atoms with Crippen molar-refractivity contribution in [2.24, 2.45) is 17.6 Å². The Morgan fingerprint density at radius 1 is 0.667 bits per heavy atom. The maximum absolute atomic E-state index is 13.3. The summed E-state index contributed by atoms with van der Waals surface area (Å²) in [5, 5.41) is 22.1. The van der Waals surface area contributed by atoms with Crippen molar-refractivity contribution in [3.63, 3.8) is 0 Å². The van der Waals surface area contributed by atoms with Gasteiger partial charge in [-0.1, -0.05) is 60.5 Å². The monoisotopic (exact) mass is 876 g/mol. The summed E-state index contributed by atoms with van der Waals surface area (Å²) in [7, 11) is -2.40. The lowest BCUT2D eigenvalue weighted by Crippen LogP contribution is -2.32. The number of anilines is 1. The van der Waals surface area contributed by atoms with Crippen molar-refractivity contribution >= 4 is 53.1 Å². The van der Waals surface area contributed by atoms with Crippen molar-refractivity contribution in [3.05, 3.63) is 118 Å². The van der Waals surface area contributed by atoms with Crippen molar-refractivity contribution < 1.29 is 62.7 Å². The van der Waals surface area contributed by atoms with E-state index in [4.69, 9.17) is 32.4 Å². The van der Waals surface area contributed by atoms with Crippen LogP contribution in [0, 0.1) is 11.8 Å². The molecule has 5 aromatic rings. The van der Waals surface area contributed by atoms with Crippen LogP contribution < -0.4 is 16.5 Å². The molecule has 1 aliphatic rings. The number of benzene rings is 4. The fraction of sp³-hybridized carbons (Fsp3) is 0.300. The summed E-state index contributed by atoms with van der Waals surface area (Å²) >= 11 is 6.23. The summed E-state index contributed by atoms with van der Waals surface area (Å²) in [6, 6.07) is 13.5. The number of hydrogen-bond acceptors (Lipinski definition) is 6. The molecule has 1 fully saturated rings. The first-order valence-corrected chi connectivity index (χ1v) is 18.4. The number of fused-ring (bicyclic) bond motifs is 1. The first-order chi connectivity index (χ1) is 27.9. The van der Waals surface area contributed by atoms with Crippen molar-refractivity contribution in [2.45, 2.75) is 50.4 Å². The second-order valence-corrected chi connectivity index (χ2v) is 14.5. The first-order valence-electron chi connectivity index (χ1n) is 18.1. The maximum Gasteiger partial charge on any atom is 0.488 e. The van der Waals surface area contributed by atoms with E-state index in [1.807, 2.05) is 6.07 Å². The van der Waals surface area contributed by atoms with Gasteiger partial charge in [0, 0.05) is 17.0 Å². The van der Waals surface area contributed by atoms with Crippen LogP contribution in [0.4, 0.5) is 58.5 Å². The van der Waals surface area contributed by atoms with Crippen molar-refractivity contribution in [2.75, 3.05) is 18.4 Å². The summed E-state index contributed by atoms with van der Waals surface area (Å²) in [5.74, 6) is 2.11. The number of nitrogens with two attached hydrogens (primary N) is 1. The minimum atomic E-state index is -5.00. The van der Waals surface area contributed by atoms with E-state index in [1.165, 1.54) is 12.1 Å². The number of halogens is 13. The lowest BCUT2D eigenvalue weighted by Gasteiger charge is -2.28.